The zero-order valence-corrected chi connectivity index (χ0v) is 17.7. The fraction of sp³-hybridized carbons (Fsp3) is 0.182. The molecule has 6 nitrogen and oxygen atoms in total. The molecular formula is C22H15Cl2F2N3O3. The fourth-order valence-electron chi connectivity index (χ4n) is 4.22. The van der Waals surface area contributed by atoms with E-state index in [4.69, 9.17) is 27.9 Å². The minimum absolute atomic E-state index is 0.00997. The van der Waals surface area contributed by atoms with Gasteiger partial charge in [0.05, 0.1) is 17.5 Å². The van der Waals surface area contributed by atoms with Gasteiger partial charge in [0.25, 0.3) is 0 Å². The number of H-pyrrole nitrogens is 1. The second-order valence-electron chi connectivity index (χ2n) is 7.44. The van der Waals surface area contributed by atoms with Gasteiger partial charge in [-0.25, -0.2) is 4.98 Å². The van der Waals surface area contributed by atoms with Gasteiger partial charge in [0.2, 0.25) is 5.56 Å². The van der Waals surface area contributed by atoms with E-state index < -0.39 is 18.6 Å². The van der Waals surface area contributed by atoms with Gasteiger partial charge in [-0.05, 0) is 42.8 Å². The van der Waals surface area contributed by atoms with Gasteiger partial charge >= 0.3 is 6.61 Å². The number of aliphatic hydroxyl groups excluding tert-OH is 1. The van der Waals surface area contributed by atoms with E-state index in [0.29, 0.717) is 38.7 Å². The van der Waals surface area contributed by atoms with E-state index in [-0.39, 0.29) is 22.9 Å². The zero-order chi connectivity index (χ0) is 22.6. The van der Waals surface area contributed by atoms with Gasteiger partial charge in [0.1, 0.15) is 16.5 Å². The highest BCUT2D eigenvalue weighted by Gasteiger charge is 2.37. The molecule has 32 heavy (non-hydrogen) atoms. The molecule has 2 atom stereocenters. The van der Waals surface area contributed by atoms with Crippen molar-refractivity contribution in [1.29, 1.82) is 0 Å². The topological polar surface area (TPSA) is 79.6 Å². The number of hydrogen-bond acceptors (Lipinski definition) is 4. The Kier molecular flexibility index (Phi) is 5.16. The lowest BCUT2D eigenvalue weighted by Gasteiger charge is -2.18. The molecule has 0 bridgehead atoms. The van der Waals surface area contributed by atoms with Crippen LogP contribution in [-0.4, -0.2) is 26.1 Å². The minimum atomic E-state index is -3.00. The lowest BCUT2D eigenvalue weighted by molar-refractivity contribution is -0.0505. The summed E-state index contributed by atoms with van der Waals surface area (Å²) in [5.41, 5.74) is 3.11. The highest BCUT2D eigenvalue weighted by molar-refractivity contribution is 6.32. The van der Waals surface area contributed by atoms with E-state index in [1.54, 1.807) is 34.9 Å². The summed E-state index contributed by atoms with van der Waals surface area (Å²) < 4.78 is 32.5. The van der Waals surface area contributed by atoms with Crippen molar-refractivity contribution in [2.24, 2.45) is 0 Å². The first-order valence-corrected chi connectivity index (χ1v) is 10.4. The van der Waals surface area contributed by atoms with Crippen LogP contribution in [0, 0.1) is 0 Å². The summed E-state index contributed by atoms with van der Waals surface area (Å²) in [4.78, 5) is 18.6. The molecule has 0 radical (unpaired) electrons. The van der Waals surface area contributed by atoms with Crippen molar-refractivity contribution < 1.29 is 18.6 Å². The van der Waals surface area contributed by atoms with Gasteiger partial charge in [0.15, 0.2) is 0 Å². The number of aromatic amines is 1. The van der Waals surface area contributed by atoms with E-state index in [2.05, 4.69) is 9.97 Å². The summed E-state index contributed by atoms with van der Waals surface area (Å²) in [6.45, 7) is -3.00. The van der Waals surface area contributed by atoms with Crippen LogP contribution in [0.4, 0.5) is 8.78 Å². The summed E-state index contributed by atoms with van der Waals surface area (Å²) in [6, 6.07) is 11.0. The predicted octanol–water partition coefficient (Wildman–Crippen LogP) is 5.17. The SMILES string of the molecule is O=c1ccc(-c2ccc3nc4c(n3c2)[C@@H](c2cc(Cl)ccc2OC(F)F)C[C@H]4O)c(Cl)[nH]1. The number of aliphatic hydroxyl groups is 1. The molecule has 3 aromatic heterocycles. The molecule has 0 saturated carbocycles. The van der Waals surface area contributed by atoms with E-state index >= 15 is 0 Å². The number of hydrogen-bond donors (Lipinski definition) is 2. The second-order valence-corrected chi connectivity index (χ2v) is 8.26. The Morgan fingerprint density at radius 2 is 2.00 bits per heavy atom. The third kappa shape index (κ3) is 3.54. The number of pyridine rings is 2. The second kappa shape index (κ2) is 7.88. The van der Waals surface area contributed by atoms with Crippen LogP contribution in [0.2, 0.25) is 10.2 Å². The van der Waals surface area contributed by atoms with Crippen LogP contribution in [0.3, 0.4) is 0 Å². The van der Waals surface area contributed by atoms with E-state index in [0.717, 1.165) is 0 Å². The van der Waals surface area contributed by atoms with Gasteiger partial charge < -0.3 is 19.2 Å². The maximum atomic E-state index is 13.0. The fourth-order valence-corrected chi connectivity index (χ4v) is 4.67. The third-order valence-electron chi connectivity index (χ3n) is 5.53. The number of rotatable bonds is 4. The molecule has 1 aliphatic rings. The standard InChI is InChI=1S/C22H15Cl2F2N3O3/c23-11-2-4-16(32-22(25)26)13(7-11)14-8-15(30)19-20(14)29-9-10(1-5-17(29)27-19)12-3-6-18(31)28-21(12)24/h1-7,9,14-15,22,30H,8H2,(H,28,31)/t14-,15-/m1/s1. The molecule has 164 valence electrons. The van der Waals surface area contributed by atoms with Crippen molar-refractivity contribution >= 4 is 28.8 Å². The van der Waals surface area contributed by atoms with Gasteiger partial charge in [-0.2, -0.15) is 8.78 Å². The van der Waals surface area contributed by atoms with E-state index in [1.165, 1.54) is 18.2 Å². The van der Waals surface area contributed by atoms with Crippen molar-refractivity contribution in [2.75, 3.05) is 0 Å². The molecule has 0 aliphatic heterocycles. The Morgan fingerprint density at radius 3 is 2.75 bits per heavy atom. The maximum absolute atomic E-state index is 13.0. The Hall–Kier alpha value is -2.94. The molecule has 0 spiro atoms. The quantitative estimate of drug-likeness (QED) is 0.397. The van der Waals surface area contributed by atoms with Crippen LogP contribution >= 0.6 is 23.2 Å². The highest BCUT2D eigenvalue weighted by atomic mass is 35.5. The number of alkyl halides is 2. The van der Waals surface area contributed by atoms with E-state index in [9.17, 15) is 18.7 Å². The summed E-state index contributed by atoms with van der Waals surface area (Å²) in [7, 11) is 0. The largest absolute Gasteiger partial charge is 0.435 e. The van der Waals surface area contributed by atoms with E-state index in [1.807, 2.05) is 0 Å². The first-order chi connectivity index (χ1) is 15.3. The Balaban J connectivity index is 1.69. The number of fused-ring (bicyclic) bond motifs is 3. The first kappa shape index (κ1) is 20.9. The molecule has 0 amide bonds. The molecule has 2 N–H and O–H groups in total. The van der Waals surface area contributed by atoms with Crippen molar-refractivity contribution in [2.45, 2.75) is 25.1 Å². The number of imidazole rings is 1. The number of nitrogens with one attached hydrogen (secondary N) is 1. The minimum Gasteiger partial charge on any atom is -0.435 e. The average molecular weight is 478 g/mol. The lowest BCUT2D eigenvalue weighted by atomic mass is 9.95. The van der Waals surface area contributed by atoms with Crippen molar-refractivity contribution in [3.63, 3.8) is 0 Å². The number of benzene rings is 1. The predicted molar refractivity (Wildman–Crippen MR) is 116 cm³/mol. The Bertz CT molecular complexity index is 1400. The number of aromatic nitrogens is 3. The van der Waals surface area contributed by atoms with Crippen LogP contribution in [-0.2, 0) is 0 Å². The summed E-state index contributed by atoms with van der Waals surface area (Å²) in [5.74, 6) is -0.493. The molecule has 3 heterocycles. The van der Waals surface area contributed by atoms with Crippen LogP contribution < -0.4 is 10.3 Å². The lowest BCUT2D eigenvalue weighted by Crippen LogP contribution is -2.08. The molecule has 1 aromatic carbocycles. The number of halogens is 4. The Morgan fingerprint density at radius 1 is 1.19 bits per heavy atom. The molecular weight excluding hydrogens is 463 g/mol. The normalized spacial score (nSPS) is 17.8. The number of nitrogens with zero attached hydrogens (tertiary/aromatic N) is 2. The molecule has 10 heteroatoms. The number of ether oxygens (including phenoxy) is 1. The van der Waals surface area contributed by atoms with Gasteiger partial charge in [-0.1, -0.05) is 23.2 Å². The molecule has 1 aliphatic carbocycles. The van der Waals surface area contributed by atoms with Crippen molar-refractivity contribution in [3.05, 3.63) is 86.1 Å². The van der Waals surface area contributed by atoms with Gasteiger partial charge in [-0.15, -0.1) is 0 Å². The molecule has 5 rings (SSSR count). The average Bonchev–Trinajstić information content (AvgIpc) is 3.26. The van der Waals surface area contributed by atoms with Gasteiger partial charge in [-0.3, -0.25) is 4.79 Å². The van der Waals surface area contributed by atoms with Crippen LogP contribution in [0.25, 0.3) is 16.8 Å². The maximum Gasteiger partial charge on any atom is 0.387 e. The zero-order valence-electron chi connectivity index (χ0n) is 16.2. The van der Waals surface area contributed by atoms with Crippen LogP contribution in [0.5, 0.6) is 5.75 Å². The summed E-state index contributed by atoms with van der Waals surface area (Å²) >= 11 is 12.4. The summed E-state index contributed by atoms with van der Waals surface area (Å²) in [6.07, 6.45) is 1.14. The Labute approximate surface area is 190 Å². The third-order valence-corrected chi connectivity index (χ3v) is 6.07. The van der Waals surface area contributed by atoms with Crippen LogP contribution in [0.1, 0.15) is 35.4 Å². The highest BCUT2D eigenvalue weighted by Crippen LogP contribution is 2.47. The molecule has 4 aromatic rings. The smallest absolute Gasteiger partial charge is 0.387 e. The monoisotopic (exact) mass is 477 g/mol. The summed E-state index contributed by atoms with van der Waals surface area (Å²) in [5, 5.41) is 11.2. The van der Waals surface area contributed by atoms with Crippen molar-refractivity contribution in [3.8, 4) is 16.9 Å². The van der Waals surface area contributed by atoms with Gasteiger partial charge in [0, 0.05) is 39.9 Å². The molecule has 0 saturated heterocycles. The van der Waals surface area contributed by atoms with Crippen molar-refractivity contribution in [1.82, 2.24) is 14.4 Å². The first-order valence-electron chi connectivity index (χ1n) is 9.65. The molecule has 0 fully saturated rings. The molecule has 0 unspecified atom stereocenters. The van der Waals surface area contributed by atoms with Crippen LogP contribution in [0.15, 0.2) is 53.5 Å².